The number of aldehydes is 1. The lowest BCUT2D eigenvalue weighted by Gasteiger charge is -1.99. The Labute approximate surface area is 90.4 Å². The van der Waals surface area contributed by atoms with Gasteiger partial charge in [0, 0.05) is 11.8 Å². The van der Waals surface area contributed by atoms with E-state index in [0.29, 0.717) is 10.4 Å². The average Bonchev–Trinajstić information content (AvgIpc) is 2.70. The molecule has 1 heterocycles. The molecule has 0 saturated carbocycles. The van der Waals surface area contributed by atoms with Crippen LogP contribution < -0.4 is 0 Å². The first-order chi connectivity index (χ1) is 7.20. The van der Waals surface area contributed by atoms with Crippen molar-refractivity contribution in [2.75, 3.05) is 0 Å². The van der Waals surface area contributed by atoms with E-state index in [1.807, 2.05) is 0 Å². The number of nitrogens with zero attached hydrogens (tertiary/aromatic N) is 1. The van der Waals surface area contributed by atoms with Gasteiger partial charge in [-0.15, -0.1) is 11.3 Å². The largest absolute Gasteiger partial charge is 0.297 e. The van der Waals surface area contributed by atoms with Crippen molar-refractivity contribution < 1.29 is 9.18 Å². The molecule has 0 fully saturated rings. The van der Waals surface area contributed by atoms with E-state index in [1.165, 1.54) is 23.6 Å². The number of halogens is 1. The van der Waals surface area contributed by atoms with Gasteiger partial charge >= 0.3 is 0 Å². The van der Waals surface area contributed by atoms with Crippen LogP contribution >= 0.6 is 11.3 Å². The number of hydrogen-bond acceptors (Lipinski definition) is 3. The van der Waals surface area contributed by atoms with Crippen LogP contribution in [0.4, 0.5) is 4.39 Å². The fourth-order valence-corrected chi connectivity index (χ4v) is 1.98. The van der Waals surface area contributed by atoms with Crippen LogP contribution in [-0.4, -0.2) is 11.3 Å². The van der Waals surface area contributed by atoms with E-state index >= 15 is 0 Å². The molecule has 15 heavy (non-hydrogen) atoms. The second-order valence-corrected chi connectivity index (χ2v) is 4.21. The van der Waals surface area contributed by atoms with Crippen LogP contribution in [0.5, 0.6) is 0 Å². The number of aryl methyl sites for hydroxylation is 1. The van der Waals surface area contributed by atoms with Crippen LogP contribution in [0.3, 0.4) is 0 Å². The Morgan fingerprint density at radius 2 is 2.27 bits per heavy atom. The van der Waals surface area contributed by atoms with E-state index < -0.39 is 0 Å². The number of hydrogen-bond donors (Lipinski definition) is 0. The molecule has 0 bridgehead atoms. The monoisotopic (exact) mass is 221 g/mol. The summed E-state index contributed by atoms with van der Waals surface area (Å²) in [7, 11) is 0. The second kappa shape index (κ2) is 3.90. The zero-order chi connectivity index (χ0) is 10.8. The molecule has 0 N–H and O–H groups in total. The van der Waals surface area contributed by atoms with Gasteiger partial charge < -0.3 is 0 Å². The van der Waals surface area contributed by atoms with Gasteiger partial charge in [-0.2, -0.15) is 0 Å². The van der Waals surface area contributed by atoms with Gasteiger partial charge in [-0.05, 0) is 30.7 Å². The minimum Gasteiger partial charge on any atom is -0.297 e. The highest BCUT2D eigenvalue weighted by Crippen LogP contribution is 2.25. The quantitative estimate of drug-likeness (QED) is 0.729. The van der Waals surface area contributed by atoms with Gasteiger partial charge in [0.05, 0.1) is 4.88 Å². The number of benzene rings is 1. The third-order valence-corrected chi connectivity index (χ3v) is 3.02. The molecule has 2 nitrogen and oxygen atoms in total. The van der Waals surface area contributed by atoms with E-state index in [2.05, 4.69) is 4.98 Å². The van der Waals surface area contributed by atoms with Gasteiger partial charge in [-0.3, -0.25) is 4.79 Å². The molecule has 0 saturated heterocycles. The van der Waals surface area contributed by atoms with E-state index in [9.17, 15) is 9.18 Å². The highest BCUT2D eigenvalue weighted by atomic mass is 32.1. The average molecular weight is 221 g/mol. The van der Waals surface area contributed by atoms with Gasteiger partial charge in [0.1, 0.15) is 10.8 Å². The lowest BCUT2D eigenvalue weighted by molar-refractivity contribution is 0.112. The Morgan fingerprint density at radius 1 is 1.47 bits per heavy atom. The molecule has 76 valence electrons. The van der Waals surface area contributed by atoms with Crippen LogP contribution in [-0.2, 0) is 0 Å². The van der Waals surface area contributed by atoms with Crippen molar-refractivity contribution in [3.63, 3.8) is 0 Å². The Balaban J connectivity index is 2.44. The van der Waals surface area contributed by atoms with Gasteiger partial charge in [0.15, 0.2) is 6.29 Å². The highest BCUT2D eigenvalue weighted by molar-refractivity contribution is 7.16. The molecule has 0 spiro atoms. The lowest BCUT2D eigenvalue weighted by Crippen LogP contribution is -1.83. The van der Waals surface area contributed by atoms with E-state index in [0.717, 1.165) is 16.9 Å². The molecule has 0 radical (unpaired) electrons. The number of thiazole rings is 1. The topological polar surface area (TPSA) is 30.0 Å². The zero-order valence-electron chi connectivity index (χ0n) is 8.03. The Morgan fingerprint density at radius 3 is 2.87 bits per heavy atom. The van der Waals surface area contributed by atoms with Crippen molar-refractivity contribution in [2.24, 2.45) is 0 Å². The molecule has 0 amide bonds. The Hall–Kier alpha value is -1.55. The minimum absolute atomic E-state index is 0.231. The molecule has 4 heteroatoms. The summed E-state index contributed by atoms with van der Waals surface area (Å²) in [6, 6.07) is 4.80. The van der Waals surface area contributed by atoms with Crippen molar-refractivity contribution >= 4 is 17.6 Å². The van der Waals surface area contributed by atoms with E-state index in [-0.39, 0.29) is 5.82 Å². The van der Waals surface area contributed by atoms with Gasteiger partial charge in [0.25, 0.3) is 0 Å². The molecule has 2 aromatic rings. The molecule has 1 aromatic carbocycles. The summed E-state index contributed by atoms with van der Waals surface area (Å²) in [5, 5.41) is 0.736. The Kier molecular flexibility index (Phi) is 2.60. The van der Waals surface area contributed by atoms with Crippen molar-refractivity contribution in [1.29, 1.82) is 0 Å². The predicted octanol–water partition coefficient (Wildman–Crippen LogP) is 3.07. The second-order valence-electron chi connectivity index (χ2n) is 3.15. The maximum absolute atomic E-state index is 13.0. The molecular weight excluding hydrogens is 213 g/mol. The SMILES string of the molecule is Cc1cc(-c2ncc(C=O)s2)ccc1F. The fourth-order valence-electron chi connectivity index (χ4n) is 1.25. The summed E-state index contributed by atoms with van der Waals surface area (Å²) in [6.07, 6.45) is 2.28. The summed E-state index contributed by atoms with van der Waals surface area (Å²) in [5.74, 6) is -0.231. The summed E-state index contributed by atoms with van der Waals surface area (Å²) in [4.78, 5) is 15.2. The number of carbonyl (C=O) groups excluding carboxylic acids is 1. The molecule has 2 rings (SSSR count). The third-order valence-electron chi connectivity index (χ3n) is 2.04. The van der Waals surface area contributed by atoms with E-state index in [4.69, 9.17) is 0 Å². The maximum atomic E-state index is 13.0. The molecule has 0 aliphatic rings. The number of aromatic nitrogens is 1. The first-order valence-corrected chi connectivity index (χ1v) is 5.20. The van der Waals surface area contributed by atoms with Crippen LogP contribution in [0.2, 0.25) is 0 Å². The van der Waals surface area contributed by atoms with Gasteiger partial charge in [-0.25, -0.2) is 9.37 Å². The molecular formula is C11H8FNOS. The van der Waals surface area contributed by atoms with Gasteiger partial charge in [0.2, 0.25) is 0 Å². The van der Waals surface area contributed by atoms with Crippen LogP contribution in [0, 0.1) is 12.7 Å². The molecule has 0 atom stereocenters. The van der Waals surface area contributed by atoms with Crippen molar-refractivity contribution in [1.82, 2.24) is 4.98 Å². The summed E-state index contributed by atoms with van der Waals surface area (Å²) in [5.41, 5.74) is 1.42. The van der Waals surface area contributed by atoms with Crippen LogP contribution in [0.25, 0.3) is 10.6 Å². The smallest absolute Gasteiger partial charge is 0.161 e. The van der Waals surface area contributed by atoms with Crippen molar-refractivity contribution in [3.05, 3.63) is 40.7 Å². The molecule has 0 aliphatic carbocycles. The molecule has 0 unspecified atom stereocenters. The fraction of sp³-hybridized carbons (Fsp3) is 0.0909. The lowest BCUT2D eigenvalue weighted by atomic mass is 10.1. The molecule has 1 aromatic heterocycles. The van der Waals surface area contributed by atoms with Crippen LogP contribution in [0.1, 0.15) is 15.2 Å². The Bertz CT molecular complexity index is 507. The first kappa shape index (κ1) is 9.98. The summed E-state index contributed by atoms with van der Waals surface area (Å²) in [6.45, 7) is 1.70. The first-order valence-electron chi connectivity index (χ1n) is 4.38. The van der Waals surface area contributed by atoms with E-state index in [1.54, 1.807) is 19.1 Å². The molecule has 0 aliphatic heterocycles. The maximum Gasteiger partial charge on any atom is 0.161 e. The highest BCUT2D eigenvalue weighted by Gasteiger charge is 2.05. The minimum atomic E-state index is -0.231. The zero-order valence-corrected chi connectivity index (χ0v) is 8.84. The number of rotatable bonds is 2. The predicted molar refractivity (Wildman–Crippen MR) is 57.6 cm³/mol. The van der Waals surface area contributed by atoms with Crippen molar-refractivity contribution in [3.8, 4) is 10.6 Å². The third kappa shape index (κ3) is 1.94. The normalized spacial score (nSPS) is 10.3. The van der Waals surface area contributed by atoms with Gasteiger partial charge in [-0.1, -0.05) is 0 Å². The number of carbonyl (C=O) groups is 1. The standard InChI is InChI=1S/C11H8FNOS/c1-7-4-8(2-3-10(7)12)11-13-5-9(6-14)15-11/h2-6H,1H3. The summed E-state index contributed by atoms with van der Waals surface area (Å²) < 4.78 is 13.0. The van der Waals surface area contributed by atoms with Crippen LogP contribution in [0.15, 0.2) is 24.4 Å². The summed E-state index contributed by atoms with van der Waals surface area (Å²) >= 11 is 1.30. The van der Waals surface area contributed by atoms with Crippen molar-refractivity contribution in [2.45, 2.75) is 6.92 Å².